The fourth-order valence-electron chi connectivity index (χ4n) is 2.34. The lowest BCUT2D eigenvalue weighted by Gasteiger charge is -2.13. The average Bonchev–Trinajstić information content (AvgIpc) is 2.47. The summed E-state index contributed by atoms with van der Waals surface area (Å²) in [6, 6.07) is 7.53. The van der Waals surface area contributed by atoms with Gasteiger partial charge in [0.25, 0.3) is 10.0 Å². The van der Waals surface area contributed by atoms with E-state index >= 15 is 0 Å². The van der Waals surface area contributed by atoms with Crippen LogP contribution in [0.1, 0.15) is 29.2 Å². The molecule has 0 saturated heterocycles. The molecule has 0 fully saturated rings. The van der Waals surface area contributed by atoms with Crippen LogP contribution in [0.2, 0.25) is 0 Å². The normalized spacial score (nSPS) is 11.6. The molecule has 25 heavy (non-hydrogen) atoms. The number of halogens is 3. The SMILES string of the molecule is CC#Cc1cc(C(F)(F)F)ccc1NS(=O)(=O)c1cc(C)cc(C)c1. The smallest absolute Gasteiger partial charge is 0.278 e. The minimum atomic E-state index is -4.53. The molecule has 0 saturated carbocycles. The van der Waals surface area contributed by atoms with Crippen molar-refractivity contribution in [2.24, 2.45) is 0 Å². The van der Waals surface area contributed by atoms with Crippen molar-refractivity contribution in [1.29, 1.82) is 0 Å². The van der Waals surface area contributed by atoms with Gasteiger partial charge in [0.2, 0.25) is 0 Å². The summed E-state index contributed by atoms with van der Waals surface area (Å²) in [4.78, 5) is 0.0419. The van der Waals surface area contributed by atoms with Crippen LogP contribution < -0.4 is 4.72 Å². The van der Waals surface area contributed by atoms with E-state index in [1.807, 2.05) is 6.07 Å². The monoisotopic (exact) mass is 367 g/mol. The van der Waals surface area contributed by atoms with Gasteiger partial charge in [0.05, 0.1) is 16.1 Å². The molecule has 0 aliphatic carbocycles. The summed E-state index contributed by atoms with van der Waals surface area (Å²) in [6.07, 6.45) is -4.53. The molecule has 0 aliphatic heterocycles. The Kier molecular flexibility index (Phi) is 5.14. The van der Waals surface area contributed by atoms with Crippen molar-refractivity contribution in [2.75, 3.05) is 4.72 Å². The van der Waals surface area contributed by atoms with E-state index in [0.29, 0.717) is 0 Å². The molecule has 0 amide bonds. The molecule has 1 N–H and O–H groups in total. The van der Waals surface area contributed by atoms with Crippen LogP contribution in [-0.4, -0.2) is 8.42 Å². The van der Waals surface area contributed by atoms with E-state index in [2.05, 4.69) is 16.6 Å². The lowest BCUT2D eigenvalue weighted by Crippen LogP contribution is -2.15. The maximum absolute atomic E-state index is 12.8. The summed E-state index contributed by atoms with van der Waals surface area (Å²) < 4.78 is 66.0. The molecular weight excluding hydrogens is 351 g/mol. The van der Waals surface area contributed by atoms with E-state index in [4.69, 9.17) is 0 Å². The van der Waals surface area contributed by atoms with Gasteiger partial charge >= 0.3 is 6.18 Å². The Morgan fingerprint density at radius 3 is 2.12 bits per heavy atom. The minimum Gasteiger partial charge on any atom is -0.278 e. The van der Waals surface area contributed by atoms with Crippen molar-refractivity contribution < 1.29 is 21.6 Å². The van der Waals surface area contributed by atoms with Gasteiger partial charge in [0.1, 0.15) is 0 Å². The third-order valence-corrected chi connectivity index (χ3v) is 4.70. The first-order chi connectivity index (χ1) is 11.5. The molecular formula is C18H16F3NO2S. The van der Waals surface area contributed by atoms with Crippen molar-refractivity contribution in [3.05, 3.63) is 58.7 Å². The first-order valence-electron chi connectivity index (χ1n) is 7.28. The van der Waals surface area contributed by atoms with E-state index in [1.54, 1.807) is 13.8 Å². The van der Waals surface area contributed by atoms with Gasteiger partial charge in [-0.2, -0.15) is 13.2 Å². The molecule has 2 aromatic rings. The molecule has 0 unspecified atom stereocenters. The van der Waals surface area contributed by atoms with Crippen molar-refractivity contribution in [3.63, 3.8) is 0 Å². The Balaban J connectivity index is 2.49. The number of alkyl halides is 3. The minimum absolute atomic E-state index is 0.00140. The quantitative estimate of drug-likeness (QED) is 0.812. The van der Waals surface area contributed by atoms with E-state index in [0.717, 1.165) is 29.3 Å². The Bertz CT molecular complexity index is 948. The molecule has 7 heteroatoms. The fraction of sp³-hybridized carbons (Fsp3) is 0.222. The van der Waals surface area contributed by atoms with Gasteiger partial charge in [-0.05, 0) is 62.2 Å². The van der Waals surface area contributed by atoms with Gasteiger partial charge < -0.3 is 0 Å². The van der Waals surface area contributed by atoms with Crippen LogP contribution in [0.15, 0.2) is 41.3 Å². The van der Waals surface area contributed by atoms with Crippen LogP contribution in [0.3, 0.4) is 0 Å². The predicted molar refractivity (Wildman–Crippen MR) is 90.7 cm³/mol. The van der Waals surface area contributed by atoms with Gasteiger partial charge in [-0.25, -0.2) is 8.42 Å². The topological polar surface area (TPSA) is 46.2 Å². The van der Waals surface area contributed by atoms with Crippen molar-refractivity contribution >= 4 is 15.7 Å². The number of hydrogen-bond acceptors (Lipinski definition) is 2. The molecule has 2 rings (SSSR count). The number of rotatable bonds is 3. The zero-order valence-electron chi connectivity index (χ0n) is 13.8. The zero-order chi connectivity index (χ0) is 18.8. The highest BCUT2D eigenvalue weighted by atomic mass is 32.2. The van der Waals surface area contributed by atoms with Gasteiger partial charge in [-0.1, -0.05) is 12.0 Å². The summed E-state index contributed by atoms with van der Waals surface area (Å²) in [6.45, 7) is 4.98. The highest BCUT2D eigenvalue weighted by Crippen LogP contribution is 2.32. The number of sulfonamides is 1. The Morgan fingerprint density at radius 2 is 1.60 bits per heavy atom. The summed E-state index contributed by atoms with van der Waals surface area (Å²) in [5, 5.41) is 0. The predicted octanol–water partition coefficient (Wildman–Crippen LogP) is 4.49. The molecule has 0 aliphatic rings. The highest BCUT2D eigenvalue weighted by Gasteiger charge is 2.31. The Labute approximate surface area is 144 Å². The standard InChI is InChI=1S/C18H16F3NO2S/c1-4-5-14-11-15(18(19,20)21)6-7-17(14)22-25(23,24)16-9-12(2)8-13(3)10-16/h6-11,22H,1-3H3. The van der Waals surface area contributed by atoms with E-state index in [9.17, 15) is 21.6 Å². The largest absolute Gasteiger partial charge is 0.416 e. The average molecular weight is 367 g/mol. The summed E-state index contributed by atoms with van der Waals surface area (Å²) in [5.74, 6) is 5.00. The third-order valence-electron chi connectivity index (χ3n) is 3.36. The van der Waals surface area contributed by atoms with Crippen LogP contribution in [0.4, 0.5) is 18.9 Å². The molecule has 0 radical (unpaired) electrons. The fourth-order valence-corrected chi connectivity index (χ4v) is 3.61. The number of anilines is 1. The van der Waals surface area contributed by atoms with Gasteiger partial charge in [-0.3, -0.25) is 4.72 Å². The lowest BCUT2D eigenvalue weighted by molar-refractivity contribution is -0.137. The number of aryl methyl sites for hydroxylation is 2. The van der Waals surface area contributed by atoms with Crippen LogP contribution in [0.5, 0.6) is 0 Å². The molecule has 0 aromatic heterocycles. The van der Waals surface area contributed by atoms with Crippen LogP contribution in [0, 0.1) is 25.7 Å². The number of benzene rings is 2. The second-order valence-electron chi connectivity index (χ2n) is 5.56. The van der Waals surface area contributed by atoms with Gasteiger partial charge in [0, 0.05) is 5.56 Å². The summed E-state index contributed by atoms with van der Waals surface area (Å²) >= 11 is 0. The first-order valence-corrected chi connectivity index (χ1v) is 8.76. The number of nitrogens with one attached hydrogen (secondary N) is 1. The second-order valence-corrected chi connectivity index (χ2v) is 7.24. The molecule has 3 nitrogen and oxygen atoms in total. The summed E-state index contributed by atoms with van der Waals surface area (Å²) in [7, 11) is -3.95. The molecule has 132 valence electrons. The molecule has 0 bridgehead atoms. The Morgan fingerprint density at radius 1 is 1.00 bits per heavy atom. The van der Waals surface area contributed by atoms with Crippen molar-refractivity contribution in [1.82, 2.24) is 0 Å². The molecule has 0 spiro atoms. The summed E-state index contributed by atoms with van der Waals surface area (Å²) in [5.41, 5.74) is 0.606. The highest BCUT2D eigenvalue weighted by molar-refractivity contribution is 7.92. The Hall–Kier alpha value is -2.46. The number of hydrogen-bond donors (Lipinski definition) is 1. The third kappa shape index (κ3) is 4.54. The van der Waals surface area contributed by atoms with Crippen LogP contribution >= 0.6 is 0 Å². The molecule has 2 aromatic carbocycles. The molecule has 0 atom stereocenters. The van der Waals surface area contributed by atoms with Gasteiger partial charge in [-0.15, -0.1) is 5.92 Å². The zero-order valence-corrected chi connectivity index (χ0v) is 14.6. The van der Waals surface area contributed by atoms with E-state index < -0.39 is 21.8 Å². The molecule has 0 heterocycles. The first kappa shape index (κ1) is 18.9. The maximum Gasteiger partial charge on any atom is 0.416 e. The van der Waals surface area contributed by atoms with E-state index in [-0.39, 0.29) is 16.1 Å². The van der Waals surface area contributed by atoms with Crippen LogP contribution in [-0.2, 0) is 16.2 Å². The van der Waals surface area contributed by atoms with Crippen molar-refractivity contribution in [2.45, 2.75) is 31.8 Å². The van der Waals surface area contributed by atoms with Gasteiger partial charge in [0.15, 0.2) is 0 Å². The lowest BCUT2D eigenvalue weighted by atomic mass is 10.1. The maximum atomic E-state index is 12.8. The van der Waals surface area contributed by atoms with E-state index in [1.165, 1.54) is 19.1 Å². The van der Waals surface area contributed by atoms with Crippen molar-refractivity contribution in [3.8, 4) is 11.8 Å². The second kappa shape index (κ2) is 6.81. The van der Waals surface area contributed by atoms with Crippen LogP contribution in [0.25, 0.3) is 0 Å².